The van der Waals surface area contributed by atoms with Crippen molar-refractivity contribution in [3.63, 3.8) is 0 Å². The van der Waals surface area contributed by atoms with E-state index >= 15 is 0 Å². The number of nitrogens with zero attached hydrogens (tertiary/aromatic N) is 4. The van der Waals surface area contributed by atoms with Crippen LogP contribution in [0.1, 0.15) is 52.4 Å². The van der Waals surface area contributed by atoms with E-state index in [0.29, 0.717) is 60.7 Å². The van der Waals surface area contributed by atoms with Gasteiger partial charge in [0.05, 0.1) is 17.3 Å². The summed E-state index contributed by atoms with van der Waals surface area (Å²) in [5.41, 5.74) is 0. The summed E-state index contributed by atoms with van der Waals surface area (Å²) >= 11 is 18.7. The summed E-state index contributed by atoms with van der Waals surface area (Å²) in [6.45, 7) is 6.22. The molecule has 4 unspecified atom stereocenters. The number of amides is 3. The highest BCUT2D eigenvalue weighted by Gasteiger charge is 2.46. The van der Waals surface area contributed by atoms with E-state index in [9.17, 15) is 14.4 Å². The molecule has 0 spiro atoms. The van der Waals surface area contributed by atoms with Crippen molar-refractivity contribution in [2.45, 2.75) is 58.4 Å². The lowest BCUT2D eigenvalue weighted by atomic mass is 9.77. The zero-order chi connectivity index (χ0) is 29.7. The van der Waals surface area contributed by atoms with Crippen LogP contribution < -0.4 is 4.74 Å². The predicted octanol–water partition coefficient (Wildman–Crippen LogP) is 6.32. The fourth-order valence-corrected chi connectivity index (χ4v) is 6.74. The Morgan fingerprint density at radius 1 is 1.07 bits per heavy atom. The quantitative estimate of drug-likeness (QED) is 0.249. The van der Waals surface area contributed by atoms with Gasteiger partial charge in [-0.1, -0.05) is 67.6 Å². The molecule has 0 radical (unpaired) electrons. The van der Waals surface area contributed by atoms with Gasteiger partial charge >= 0.3 is 6.09 Å². The molecular formula is C30H39Cl3N4O4. The summed E-state index contributed by atoms with van der Waals surface area (Å²) in [5.74, 6) is 0.225. The maximum atomic E-state index is 13.8. The molecular weight excluding hydrogens is 587 g/mol. The van der Waals surface area contributed by atoms with E-state index in [1.807, 2.05) is 22.8 Å². The SMILES string of the molecule is CCCCCC(=O)N1CCC(C(=O)N2CC(C3C=CC(Cl)=C(Cl)C3C)C(N(C)C(=O)Oc3ccc(Cl)nc3)C2)CC1. The van der Waals surface area contributed by atoms with E-state index in [0.717, 1.165) is 19.3 Å². The Morgan fingerprint density at radius 2 is 1.80 bits per heavy atom. The lowest BCUT2D eigenvalue weighted by Crippen LogP contribution is -2.47. The molecule has 4 atom stereocenters. The molecule has 2 aliphatic heterocycles. The first-order chi connectivity index (χ1) is 19.6. The molecule has 4 rings (SSSR count). The van der Waals surface area contributed by atoms with E-state index in [1.165, 1.54) is 6.20 Å². The third-order valence-electron chi connectivity index (χ3n) is 8.69. The Kier molecular flexibility index (Phi) is 11.0. The number of likely N-dealkylation sites (N-methyl/N-ethyl adjacent to an activating group) is 1. The number of rotatable bonds is 8. The second-order valence-electron chi connectivity index (χ2n) is 11.3. The molecule has 0 aromatic carbocycles. The van der Waals surface area contributed by atoms with Crippen LogP contribution in [-0.2, 0) is 9.59 Å². The van der Waals surface area contributed by atoms with Crippen molar-refractivity contribution in [3.05, 3.63) is 45.7 Å². The Hall–Kier alpha value is -2.29. The van der Waals surface area contributed by atoms with Crippen molar-refractivity contribution in [3.8, 4) is 5.75 Å². The van der Waals surface area contributed by atoms with Gasteiger partial charge in [0, 0.05) is 56.5 Å². The normalized spacial score (nSPS) is 25.0. The monoisotopic (exact) mass is 624 g/mol. The molecule has 3 aliphatic rings. The van der Waals surface area contributed by atoms with E-state index in [1.54, 1.807) is 30.2 Å². The largest absolute Gasteiger partial charge is 0.415 e. The first-order valence-electron chi connectivity index (χ1n) is 14.5. The molecule has 8 nitrogen and oxygen atoms in total. The van der Waals surface area contributed by atoms with Crippen LogP contribution in [0.15, 0.2) is 40.5 Å². The van der Waals surface area contributed by atoms with E-state index < -0.39 is 6.09 Å². The topological polar surface area (TPSA) is 83.1 Å². The Morgan fingerprint density at radius 3 is 2.46 bits per heavy atom. The zero-order valence-electron chi connectivity index (χ0n) is 23.9. The zero-order valence-corrected chi connectivity index (χ0v) is 26.2. The highest BCUT2D eigenvalue weighted by Crippen LogP contribution is 2.42. The van der Waals surface area contributed by atoms with Crippen molar-refractivity contribution in [2.75, 3.05) is 33.2 Å². The number of hydrogen-bond acceptors (Lipinski definition) is 5. The number of ether oxygens (including phenoxy) is 1. The Labute approximate surface area is 257 Å². The number of pyridine rings is 1. The minimum atomic E-state index is -0.541. The summed E-state index contributed by atoms with van der Waals surface area (Å²) in [7, 11) is 1.70. The second-order valence-corrected chi connectivity index (χ2v) is 12.5. The molecule has 2 fully saturated rings. The van der Waals surface area contributed by atoms with Gasteiger partial charge in [0.15, 0.2) is 5.75 Å². The average Bonchev–Trinajstić information content (AvgIpc) is 3.41. The van der Waals surface area contributed by atoms with Gasteiger partial charge in [-0.3, -0.25) is 9.59 Å². The van der Waals surface area contributed by atoms with Crippen molar-refractivity contribution >= 4 is 52.7 Å². The molecule has 0 saturated carbocycles. The second kappa shape index (κ2) is 14.3. The third-order valence-corrected chi connectivity index (χ3v) is 9.89. The smallest absolute Gasteiger partial charge is 0.409 e. The van der Waals surface area contributed by atoms with Gasteiger partial charge in [-0.15, -0.1) is 0 Å². The van der Waals surface area contributed by atoms with Crippen LogP contribution in [0.25, 0.3) is 0 Å². The number of piperidine rings is 1. The van der Waals surface area contributed by atoms with Crippen molar-refractivity contribution in [1.29, 1.82) is 0 Å². The number of unbranched alkanes of at least 4 members (excludes halogenated alkanes) is 2. The minimum Gasteiger partial charge on any atom is -0.409 e. The van der Waals surface area contributed by atoms with Crippen LogP contribution in [0.4, 0.5) is 4.79 Å². The Balaban J connectivity index is 1.45. The van der Waals surface area contributed by atoms with Crippen LogP contribution in [0.5, 0.6) is 5.75 Å². The van der Waals surface area contributed by atoms with Crippen LogP contribution in [0.3, 0.4) is 0 Å². The van der Waals surface area contributed by atoms with Crippen LogP contribution in [-0.4, -0.2) is 76.9 Å². The van der Waals surface area contributed by atoms with Gasteiger partial charge in [0.1, 0.15) is 5.15 Å². The fourth-order valence-electron chi connectivity index (χ4n) is 6.17. The number of aromatic nitrogens is 1. The van der Waals surface area contributed by atoms with Gasteiger partial charge in [0.2, 0.25) is 11.8 Å². The van der Waals surface area contributed by atoms with Crippen LogP contribution in [0, 0.1) is 23.7 Å². The Bertz CT molecular complexity index is 1170. The minimum absolute atomic E-state index is 0.0251. The molecule has 1 aliphatic carbocycles. The van der Waals surface area contributed by atoms with Gasteiger partial charge in [-0.05, 0) is 49.3 Å². The number of halogens is 3. The molecule has 224 valence electrons. The van der Waals surface area contributed by atoms with Crippen molar-refractivity contribution < 1.29 is 19.1 Å². The molecule has 2 saturated heterocycles. The molecule has 3 amide bonds. The number of carbonyl (C=O) groups excluding carboxylic acids is 3. The first-order valence-corrected chi connectivity index (χ1v) is 15.6. The van der Waals surface area contributed by atoms with Crippen LogP contribution >= 0.6 is 34.8 Å². The van der Waals surface area contributed by atoms with Crippen LogP contribution in [0.2, 0.25) is 5.15 Å². The maximum Gasteiger partial charge on any atom is 0.415 e. The summed E-state index contributed by atoms with van der Waals surface area (Å²) < 4.78 is 5.58. The highest BCUT2D eigenvalue weighted by atomic mass is 35.5. The molecule has 1 aromatic rings. The summed E-state index contributed by atoms with van der Waals surface area (Å²) in [6.07, 6.45) is 9.62. The summed E-state index contributed by atoms with van der Waals surface area (Å²) in [4.78, 5) is 48.9. The van der Waals surface area contributed by atoms with Gasteiger partial charge < -0.3 is 19.4 Å². The molecule has 11 heteroatoms. The lowest BCUT2D eigenvalue weighted by Gasteiger charge is -2.35. The number of allylic oxidation sites excluding steroid dienone is 4. The molecule has 0 bridgehead atoms. The molecule has 1 aromatic heterocycles. The van der Waals surface area contributed by atoms with Gasteiger partial charge in [-0.2, -0.15) is 0 Å². The lowest BCUT2D eigenvalue weighted by molar-refractivity contribution is -0.140. The van der Waals surface area contributed by atoms with E-state index in [-0.39, 0.29) is 47.3 Å². The third kappa shape index (κ3) is 7.57. The number of likely N-dealkylation sites (tertiary alicyclic amines) is 2. The maximum absolute atomic E-state index is 13.8. The predicted molar refractivity (Wildman–Crippen MR) is 161 cm³/mol. The summed E-state index contributed by atoms with van der Waals surface area (Å²) in [6, 6.07) is 2.84. The molecule has 41 heavy (non-hydrogen) atoms. The number of carbonyl (C=O) groups is 3. The van der Waals surface area contributed by atoms with Gasteiger partial charge in [0.25, 0.3) is 0 Å². The van der Waals surface area contributed by atoms with E-state index in [4.69, 9.17) is 39.5 Å². The van der Waals surface area contributed by atoms with Crippen molar-refractivity contribution in [2.24, 2.45) is 23.7 Å². The van der Waals surface area contributed by atoms with Gasteiger partial charge in [-0.25, -0.2) is 9.78 Å². The van der Waals surface area contributed by atoms with E-state index in [2.05, 4.69) is 11.9 Å². The fraction of sp³-hybridized carbons (Fsp3) is 0.600. The standard InChI is InChI=1S/C30H39Cl3N4O4/c1-4-5-6-7-27(38)36-14-12-20(13-15-36)29(39)37-17-23(22-9-10-24(31)28(33)19(22)2)25(18-37)35(3)30(40)41-21-8-11-26(32)34-16-21/h8-11,16,19-20,22-23,25H,4-7,12-15,17-18H2,1-3H3. The van der Waals surface area contributed by atoms with Crippen molar-refractivity contribution in [1.82, 2.24) is 19.7 Å². The first kappa shape index (κ1) is 31.6. The number of hydrogen-bond donors (Lipinski definition) is 0. The summed E-state index contributed by atoms with van der Waals surface area (Å²) in [5, 5.41) is 1.39. The highest BCUT2D eigenvalue weighted by molar-refractivity contribution is 6.40. The molecule has 0 N–H and O–H groups in total. The molecule has 3 heterocycles. The average molecular weight is 626 g/mol.